The van der Waals surface area contributed by atoms with Crippen LogP contribution < -0.4 is 20.1 Å². The summed E-state index contributed by atoms with van der Waals surface area (Å²) in [6.45, 7) is 5.70. The van der Waals surface area contributed by atoms with Gasteiger partial charge in [0.2, 0.25) is 0 Å². The molecule has 3 aromatic carbocycles. The first kappa shape index (κ1) is 25.1. The SMILES string of the molecule is COc1cc(/C=C(\C#N)C(=O)Nc2ccc(C)c(C)c2)ccc1OCC(=O)Nc1ccc(C)cc1. The second-order valence-electron chi connectivity index (χ2n) is 8.04. The summed E-state index contributed by atoms with van der Waals surface area (Å²) in [5.74, 6) is -0.0898. The summed E-state index contributed by atoms with van der Waals surface area (Å²) in [5.41, 5.74) is 5.06. The minimum Gasteiger partial charge on any atom is -0.493 e. The van der Waals surface area contributed by atoms with Gasteiger partial charge in [0.05, 0.1) is 7.11 Å². The highest BCUT2D eigenvalue weighted by Crippen LogP contribution is 2.29. The van der Waals surface area contributed by atoms with E-state index in [-0.39, 0.29) is 18.1 Å². The van der Waals surface area contributed by atoms with Crippen molar-refractivity contribution >= 4 is 29.3 Å². The maximum atomic E-state index is 12.6. The van der Waals surface area contributed by atoms with Gasteiger partial charge in [0.1, 0.15) is 11.6 Å². The zero-order valence-corrected chi connectivity index (χ0v) is 20.1. The van der Waals surface area contributed by atoms with E-state index in [0.717, 1.165) is 16.7 Å². The van der Waals surface area contributed by atoms with Gasteiger partial charge in [0.15, 0.2) is 18.1 Å². The fraction of sp³-hybridized carbons (Fsp3) is 0.179. The van der Waals surface area contributed by atoms with Crippen molar-refractivity contribution in [2.24, 2.45) is 0 Å². The molecule has 0 heterocycles. The minimum atomic E-state index is -0.511. The van der Waals surface area contributed by atoms with Gasteiger partial charge in [-0.25, -0.2) is 0 Å². The van der Waals surface area contributed by atoms with Crippen molar-refractivity contribution in [2.45, 2.75) is 20.8 Å². The Balaban J connectivity index is 1.68. The lowest BCUT2D eigenvalue weighted by Gasteiger charge is -2.12. The number of hydrogen-bond acceptors (Lipinski definition) is 5. The molecule has 0 unspecified atom stereocenters. The molecule has 2 amide bonds. The summed E-state index contributed by atoms with van der Waals surface area (Å²) >= 11 is 0. The highest BCUT2D eigenvalue weighted by atomic mass is 16.5. The van der Waals surface area contributed by atoms with E-state index in [1.54, 1.807) is 24.3 Å². The molecule has 7 heteroatoms. The van der Waals surface area contributed by atoms with Gasteiger partial charge < -0.3 is 20.1 Å². The molecule has 178 valence electrons. The molecule has 0 aromatic heterocycles. The summed E-state index contributed by atoms with van der Waals surface area (Å²) in [6, 6.07) is 19.9. The molecule has 0 radical (unpaired) electrons. The number of hydrogen-bond donors (Lipinski definition) is 2. The zero-order valence-electron chi connectivity index (χ0n) is 20.1. The summed E-state index contributed by atoms with van der Waals surface area (Å²) in [6.07, 6.45) is 1.47. The molecule has 0 aliphatic heterocycles. The summed E-state index contributed by atoms with van der Waals surface area (Å²) in [7, 11) is 1.47. The first-order chi connectivity index (χ1) is 16.8. The van der Waals surface area contributed by atoms with Crippen molar-refractivity contribution in [3.8, 4) is 17.6 Å². The van der Waals surface area contributed by atoms with Crippen LogP contribution in [-0.4, -0.2) is 25.5 Å². The van der Waals surface area contributed by atoms with Crippen LogP contribution in [0.5, 0.6) is 11.5 Å². The van der Waals surface area contributed by atoms with E-state index in [1.165, 1.54) is 13.2 Å². The number of methoxy groups -OCH3 is 1. The van der Waals surface area contributed by atoms with Gasteiger partial charge in [0.25, 0.3) is 11.8 Å². The summed E-state index contributed by atoms with van der Waals surface area (Å²) < 4.78 is 11.0. The summed E-state index contributed by atoms with van der Waals surface area (Å²) in [5, 5.41) is 15.0. The van der Waals surface area contributed by atoms with Crippen LogP contribution >= 0.6 is 0 Å². The van der Waals surface area contributed by atoms with Crippen molar-refractivity contribution in [3.05, 3.63) is 88.5 Å². The number of anilines is 2. The van der Waals surface area contributed by atoms with Gasteiger partial charge in [0, 0.05) is 11.4 Å². The highest BCUT2D eigenvalue weighted by Gasteiger charge is 2.13. The van der Waals surface area contributed by atoms with Crippen LogP contribution in [0, 0.1) is 32.1 Å². The standard InChI is InChI=1S/C28H27N3O4/c1-18-5-9-23(10-6-18)30-27(32)17-35-25-12-8-21(15-26(25)34-4)14-22(16-29)28(33)31-24-11-7-19(2)20(3)13-24/h5-15H,17H2,1-4H3,(H,30,32)(H,31,33)/b22-14+. The molecule has 7 nitrogen and oxygen atoms in total. The average Bonchev–Trinajstić information content (AvgIpc) is 2.85. The van der Waals surface area contributed by atoms with E-state index in [4.69, 9.17) is 9.47 Å². The van der Waals surface area contributed by atoms with Crippen molar-refractivity contribution in [2.75, 3.05) is 24.4 Å². The van der Waals surface area contributed by atoms with Crippen LogP contribution in [0.3, 0.4) is 0 Å². The number of nitriles is 1. The second-order valence-corrected chi connectivity index (χ2v) is 8.04. The number of carbonyl (C=O) groups is 2. The monoisotopic (exact) mass is 469 g/mol. The predicted molar refractivity (Wildman–Crippen MR) is 136 cm³/mol. The molecule has 2 N–H and O–H groups in total. The Kier molecular flexibility index (Phi) is 8.25. The van der Waals surface area contributed by atoms with Gasteiger partial charge in [-0.1, -0.05) is 29.8 Å². The zero-order chi connectivity index (χ0) is 25.4. The van der Waals surface area contributed by atoms with Crippen molar-refractivity contribution in [1.82, 2.24) is 0 Å². The maximum Gasteiger partial charge on any atom is 0.266 e. The Hall–Kier alpha value is -4.57. The van der Waals surface area contributed by atoms with Crippen LogP contribution in [0.4, 0.5) is 11.4 Å². The van der Waals surface area contributed by atoms with E-state index < -0.39 is 5.91 Å². The Morgan fingerprint density at radius 3 is 2.26 bits per heavy atom. The third-order valence-electron chi connectivity index (χ3n) is 5.32. The molecular formula is C28H27N3O4. The largest absolute Gasteiger partial charge is 0.493 e. The van der Waals surface area contributed by atoms with Gasteiger partial charge in [-0.2, -0.15) is 5.26 Å². The molecule has 0 saturated carbocycles. The van der Waals surface area contributed by atoms with Crippen molar-refractivity contribution < 1.29 is 19.1 Å². The van der Waals surface area contributed by atoms with E-state index in [0.29, 0.717) is 28.4 Å². The van der Waals surface area contributed by atoms with E-state index >= 15 is 0 Å². The smallest absolute Gasteiger partial charge is 0.266 e. The number of nitrogens with one attached hydrogen (secondary N) is 2. The van der Waals surface area contributed by atoms with Crippen LogP contribution in [-0.2, 0) is 9.59 Å². The average molecular weight is 470 g/mol. The lowest BCUT2D eigenvalue weighted by Crippen LogP contribution is -2.20. The highest BCUT2D eigenvalue weighted by molar-refractivity contribution is 6.09. The van der Waals surface area contributed by atoms with Crippen LogP contribution in [0.15, 0.2) is 66.2 Å². The Morgan fingerprint density at radius 2 is 1.60 bits per heavy atom. The molecule has 0 fully saturated rings. The Bertz CT molecular complexity index is 1300. The number of amides is 2. The number of carbonyl (C=O) groups excluding carboxylic acids is 2. The normalized spacial score (nSPS) is 10.8. The quantitative estimate of drug-likeness (QED) is 0.350. The van der Waals surface area contributed by atoms with Gasteiger partial charge >= 0.3 is 0 Å². The fourth-order valence-electron chi connectivity index (χ4n) is 3.20. The minimum absolute atomic E-state index is 0.0589. The summed E-state index contributed by atoms with van der Waals surface area (Å²) in [4.78, 5) is 24.8. The third kappa shape index (κ3) is 6.95. The van der Waals surface area contributed by atoms with Crippen LogP contribution in [0.2, 0.25) is 0 Å². The molecule has 0 aliphatic rings. The van der Waals surface area contributed by atoms with E-state index in [9.17, 15) is 14.9 Å². The number of nitrogens with zero attached hydrogens (tertiary/aromatic N) is 1. The lowest BCUT2D eigenvalue weighted by atomic mass is 10.1. The Morgan fingerprint density at radius 1 is 0.886 bits per heavy atom. The maximum absolute atomic E-state index is 12.6. The number of benzene rings is 3. The second kappa shape index (κ2) is 11.5. The molecule has 0 spiro atoms. The molecule has 0 aliphatic carbocycles. The van der Waals surface area contributed by atoms with Crippen molar-refractivity contribution in [1.29, 1.82) is 5.26 Å². The topological polar surface area (TPSA) is 100 Å². The van der Waals surface area contributed by atoms with E-state index in [2.05, 4.69) is 10.6 Å². The van der Waals surface area contributed by atoms with E-state index in [1.807, 2.05) is 63.2 Å². The molecule has 3 rings (SSSR count). The van der Waals surface area contributed by atoms with Gasteiger partial charge in [-0.05, 0) is 79.9 Å². The first-order valence-corrected chi connectivity index (χ1v) is 11.0. The molecule has 3 aromatic rings. The fourth-order valence-corrected chi connectivity index (χ4v) is 3.20. The van der Waals surface area contributed by atoms with Crippen LogP contribution in [0.1, 0.15) is 22.3 Å². The molecule has 0 atom stereocenters. The number of rotatable bonds is 8. The first-order valence-electron chi connectivity index (χ1n) is 11.0. The number of aryl methyl sites for hydroxylation is 3. The van der Waals surface area contributed by atoms with Gasteiger partial charge in [-0.15, -0.1) is 0 Å². The number of ether oxygens (including phenoxy) is 2. The van der Waals surface area contributed by atoms with Crippen molar-refractivity contribution in [3.63, 3.8) is 0 Å². The predicted octanol–water partition coefficient (Wildman–Crippen LogP) is 5.18. The molecule has 0 bridgehead atoms. The molecule has 35 heavy (non-hydrogen) atoms. The van der Waals surface area contributed by atoms with Gasteiger partial charge in [-0.3, -0.25) is 9.59 Å². The molecular weight excluding hydrogens is 442 g/mol. The Labute approximate surface area is 205 Å². The van der Waals surface area contributed by atoms with Crippen LogP contribution in [0.25, 0.3) is 6.08 Å². The third-order valence-corrected chi connectivity index (χ3v) is 5.32. The lowest BCUT2D eigenvalue weighted by molar-refractivity contribution is -0.118. The molecule has 0 saturated heterocycles.